The number of carbonyl (C=O) groups excluding carboxylic acids is 1. The van der Waals surface area contributed by atoms with E-state index in [2.05, 4.69) is 10.4 Å². The maximum absolute atomic E-state index is 12.3. The van der Waals surface area contributed by atoms with Crippen LogP contribution < -0.4 is 14.8 Å². The van der Waals surface area contributed by atoms with Crippen LogP contribution >= 0.6 is 11.6 Å². The quantitative estimate of drug-likeness (QED) is 0.880. The van der Waals surface area contributed by atoms with E-state index >= 15 is 0 Å². The summed E-state index contributed by atoms with van der Waals surface area (Å²) in [4.78, 5) is 12.3. The number of aryl methyl sites for hydroxylation is 2. The minimum absolute atomic E-state index is 0.256. The van der Waals surface area contributed by atoms with E-state index in [4.69, 9.17) is 21.1 Å². The van der Waals surface area contributed by atoms with Crippen molar-refractivity contribution in [2.45, 2.75) is 20.4 Å². The zero-order valence-electron chi connectivity index (χ0n) is 13.6. The van der Waals surface area contributed by atoms with Crippen molar-refractivity contribution in [3.05, 3.63) is 40.2 Å². The summed E-state index contributed by atoms with van der Waals surface area (Å²) in [6, 6.07) is 5.54. The lowest BCUT2D eigenvalue weighted by Gasteiger charge is -2.11. The molecule has 1 heterocycles. The van der Waals surface area contributed by atoms with E-state index in [1.807, 2.05) is 25.1 Å². The summed E-state index contributed by atoms with van der Waals surface area (Å²) < 4.78 is 12.2. The van der Waals surface area contributed by atoms with Crippen LogP contribution in [0.2, 0.25) is 5.15 Å². The molecule has 0 saturated carbocycles. The van der Waals surface area contributed by atoms with Crippen LogP contribution in [0.3, 0.4) is 0 Å². The van der Waals surface area contributed by atoms with Crippen LogP contribution in [-0.2, 0) is 13.6 Å². The van der Waals surface area contributed by atoms with Gasteiger partial charge < -0.3 is 14.8 Å². The summed E-state index contributed by atoms with van der Waals surface area (Å²) in [5, 5.41) is 7.30. The molecule has 6 nitrogen and oxygen atoms in total. The van der Waals surface area contributed by atoms with Crippen LogP contribution in [0.25, 0.3) is 0 Å². The van der Waals surface area contributed by atoms with E-state index in [-0.39, 0.29) is 5.91 Å². The highest BCUT2D eigenvalue weighted by Gasteiger charge is 2.18. The zero-order chi connectivity index (χ0) is 17.0. The van der Waals surface area contributed by atoms with Gasteiger partial charge in [-0.25, -0.2) is 0 Å². The SMILES string of the molecule is CCOc1ccc(CNC(=O)c2c(C)nn(C)c2Cl)cc1OC. The predicted octanol–water partition coefficient (Wildman–Crippen LogP) is 2.72. The van der Waals surface area contributed by atoms with E-state index in [0.29, 0.717) is 41.1 Å². The monoisotopic (exact) mass is 337 g/mol. The molecule has 0 aliphatic rings. The first-order valence-corrected chi connectivity index (χ1v) is 7.62. The van der Waals surface area contributed by atoms with Gasteiger partial charge in [0.25, 0.3) is 5.91 Å². The molecule has 1 amide bonds. The van der Waals surface area contributed by atoms with Gasteiger partial charge in [-0.3, -0.25) is 9.48 Å². The Morgan fingerprint density at radius 2 is 2.13 bits per heavy atom. The maximum atomic E-state index is 12.3. The molecule has 7 heteroatoms. The number of aromatic nitrogens is 2. The topological polar surface area (TPSA) is 65.4 Å². The molecule has 1 aromatic heterocycles. The molecular weight excluding hydrogens is 318 g/mol. The number of nitrogens with zero attached hydrogens (tertiary/aromatic N) is 2. The van der Waals surface area contributed by atoms with E-state index in [0.717, 1.165) is 5.56 Å². The maximum Gasteiger partial charge on any atom is 0.256 e. The minimum Gasteiger partial charge on any atom is -0.493 e. The molecular formula is C16H20ClN3O3. The molecule has 0 saturated heterocycles. The van der Waals surface area contributed by atoms with Crippen molar-refractivity contribution in [3.8, 4) is 11.5 Å². The fourth-order valence-corrected chi connectivity index (χ4v) is 2.52. The fourth-order valence-electron chi connectivity index (χ4n) is 2.26. The molecule has 0 radical (unpaired) electrons. The third-order valence-corrected chi connectivity index (χ3v) is 3.79. The fraction of sp³-hybridized carbons (Fsp3) is 0.375. The number of hydrogen-bond donors (Lipinski definition) is 1. The second-order valence-corrected chi connectivity index (χ2v) is 5.33. The molecule has 2 aromatic rings. The summed E-state index contributed by atoms with van der Waals surface area (Å²) in [5.74, 6) is 1.05. The normalized spacial score (nSPS) is 10.5. The number of methoxy groups -OCH3 is 1. The number of nitrogens with one attached hydrogen (secondary N) is 1. The van der Waals surface area contributed by atoms with Gasteiger partial charge in [0.05, 0.1) is 25.0 Å². The van der Waals surface area contributed by atoms with Gasteiger partial charge in [-0.2, -0.15) is 5.10 Å². The van der Waals surface area contributed by atoms with Crippen molar-refractivity contribution in [1.29, 1.82) is 0 Å². The molecule has 23 heavy (non-hydrogen) atoms. The lowest BCUT2D eigenvalue weighted by molar-refractivity contribution is 0.0950. The highest BCUT2D eigenvalue weighted by molar-refractivity contribution is 6.33. The van der Waals surface area contributed by atoms with Crippen molar-refractivity contribution < 1.29 is 14.3 Å². The van der Waals surface area contributed by atoms with Gasteiger partial charge in [-0.15, -0.1) is 0 Å². The second kappa shape index (κ2) is 7.37. The smallest absolute Gasteiger partial charge is 0.256 e. The number of halogens is 1. The molecule has 124 valence electrons. The molecule has 0 aliphatic carbocycles. The summed E-state index contributed by atoms with van der Waals surface area (Å²) in [6.45, 7) is 4.58. The Labute approximate surface area is 140 Å². The van der Waals surface area contributed by atoms with Gasteiger partial charge in [0.2, 0.25) is 0 Å². The van der Waals surface area contributed by atoms with E-state index in [1.54, 1.807) is 21.1 Å². The van der Waals surface area contributed by atoms with Gasteiger partial charge in [-0.05, 0) is 31.5 Å². The summed E-state index contributed by atoms with van der Waals surface area (Å²) in [6.07, 6.45) is 0. The number of rotatable bonds is 6. The highest BCUT2D eigenvalue weighted by Crippen LogP contribution is 2.28. The highest BCUT2D eigenvalue weighted by atomic mass is 35.5. The third kappa shape index (κ3) is 3.76. The Morgan fingerprint density at radius 3 is 2.70 bits per heavy atom. The molecule has 2 rings (SSSR count). The molecule has 0 aliphatic heterocycles. The van der Waals surface area contributed by atoms with E-state index in [9.17, 15) is 4.79 Å². The van der Waals surface area contributed by atoms with Crippen LogP contribution in [0.1, 0.15) is 28.5 Å². The van der Waals surface area contributed by atoms with Crippen molar-refractivity contribution in [3.63, 3.8) is 0 Å². The Morgan fingerprint density at radius 1 is 1.39 bits per heavy atom. The van der Waals surface area contributed by atoms with Crippen LogP contribution in [-0.4, -0.2) is 29.4 Å². The second-order valence-electron chi connectivity index (χ2n) is 4.98. The van der Waals surface area contributed by atoms with Crippen LogP contribution in [0.15, 0.2) is 18.2 Å². The molecule has 1 aromatic carbocycles. The third-order valence-electron chi connectivity index (χ3n) is 3.36. The number of amides is 1. The Hall–Kier alpha value is -2.21. The van der Waals surface area contributed by atoms with Gasteiger partial charge >= 0.3 is 0 Å². The zero-order valence-corrected chi connectivity index (χ0v) is 14.4. The first-order chi connectivity index (χ1) is 11.0. The number of benzene rings is 1. The molecule has 0 unspecified atom stereocenters. The van der Waals surface area contributed by atoms with Crippen molar-refractivity contribution in [2.75, 3.05) is 13.7 Å². The average Bonchev–Trinajstić information content (AvgIpc) is 2.79. The molecule has 0 bridgehead atoms. The Bertz CT molecular complexity index is 713. The van der Waals surface area contributed by atoms with Gasteiger partial charge in [0, 0.05) is 13.6 Å². The number of ether oxygens (including phenoxy) is 2. The van der Waals surface area contributed by atoms with Crippen LogP contribution in [0, 0.1) is 6.92 Å². The first-order valence-electron chi connectivity index (χ1n) is 7.24. The van der Waals surface area contributed by atoms with Gasteiger partial charge in [0.1, 0.15) is 5.15 Å². The van der Waals surface area contributed by atoms with E-state index in [1.165, 1.54) is 4.68 Å². The van der Waals surface area contributed by atoms with Crippen LogP contribution in [0.4, 0.5) is 0 Å². The van der Waals surface area contributed by atoms with E-state index < -0.39 is 0 Å². The lowest BCUT2D eigenvalue weighted by atomic mass is 10.2. The van der Waals surface area contributed by atoms with Crippen molar-refractivity contribution >= 4 is 17.5 Å². The Balaban J connectivity index is 2.10. The van der Waals surface area contributed by atoms with Crippen molar-refractivity contribution in [1.82, 2.24) is 15.1 Å². The Kier molecular flexibility index (Phi) is 5.50. The standard InChI is InChI=1S/C16H20ClN3O3/c1-5-23-12-7-6-11(8-13(12)22-4)9-18-16(21)14-10(2)19-20(3)15(14)17/h6-8H,5,9H2,1-4H3,(H,18,21). The molecule has 0 atom stereocenters. The average molecular weight is 338 g/mol. The van der Waals surface area contributed by atoms with Gasteiger partial charge in [-0.1, -0.05) is 17.7 Å². The number of hydrogen-bond acceptors (Lipinski definition) is 4. The predicted molar refractivity (Wildman–Crippen MR) is 88.3 cm³/mol. The minimum atomic E-state index is -0.256. The summed E-state index contributed by atoms with van der Waals surface area (Å²) in [5.41, 5.74) is 1.89. The lowest BCUT2D eigenvalue weighted by Crippen LogP contribution is -2.23. The largest absolute Gasteiger partial charge is 0.493 e. The molecule has 0 fully saturated rings. The van der Waals surface area contributed by atoms with Gasteiger partial charge in [0.15, 0.2) is 11.5 Å². The molecule has 0 spiro atoms. The van der Waals surface area contributed by atoms with Crippen LogP contribution in [0.5, 0.6) is 11.5 Å². The molecule has 1 N–H and O–H groups in total. The summed E-state index contributed by atoms with van der Waals surface area (Å²) >= 11 is 6.10. The van der Waals surface area contributed by atoms with Crippen molar-refractivity contribution in [2.24, 2.45) is 7.05 Å². The first kappa shape index (κ1) is 17.1. The summed E-state index contributed by atoms with van der Waals surface area (Å²) in [7, 11) is 3.28. The number of carbonyl (C=O) groups is 1.